The van der Waals surface area contributed by atoms with Gasteiger partial charge in [0.1, 0.15) is 6.92 Å². The highest BCUT2D eigenvalue weighted by atomic mass is 79.9. The highest BCUT2D eigenvalue weighted by molar-refractivity contribution is 9.10. The molecule has 5 heteroatoms. The average molecular weight is 340 g/mol. The maximum Gasteiger partial charge on any atom is 0.413 e. The Hall–Kier alpha value is -1.36. The summed E-state index contributed by atoms with van der Waals surface area (Å²) >= 11 is 3.56. The molecule has 4 nitrogen and oxygen atoms in total. The number of halogens is 1. The molecule has 0 radical (unpaired) electrons. The van der Waals surface area contributed by atoms with Crippen LogP contribution in [0.15, 0.2) is 28.7 Å². The summed E-state index contributed by atoms with van der Waals surface area (Å²) in [6, 6.07) is 8.13. The number of amides is 1. The number of anilines is 1. The fourth-order valence-electron chi connectivity index (χ4n) is 2.14. The van der Waals surface area contributed by atoms with Gasteiger partial charge < -0.3 is 14.5 Å². The van der Waals surface area contributed by atoms with Gasteiger partial charge >= 0.3 is 6.09 Å². The minimum Gasteiger partial charge on any atom is -0.403 e. The molecule has 1 amide bonds. The maximum atomic E-state index is 12.0. The number of benzene rings is 1. The number of hydrogen-bond acceptors (Lipinski definition) is 3. The smallest absolute Gasteiger partial charge is 0.403 e. The third kappa shape index (κ3) is 3.82. The lowest BCUT2D eigenvalue weighted by molar-refractivity contribution is 0.0385. The zero-order chi connectivity index (χ0) is 14.8. The molecule has 0 atom stereocenters. The van der Waals surface area contributed by atoms with E-state index >= 15 is 0 Å². The maximum absolute atomic E-state index is 12.0. The van der Waals surface area contributed by atoms with E-state index in [1.165, 1.54) is 0 Å². The third-order valence-corrected chi connectivity index (χ3v) is 3.77. The van der Waals surface area contributed by atoms with Crippen molar-refractivity contribution in [3.8, 4) is 0 Å². The van der Waals surface area contributed by atoms with E-state index in [1.807, 2.05) is 18.2 Å². The summed E-state index contributed by atoms with van der Waals surface area (Å²) in [6.45, 7) is 10.3. The van der Waals surface area contributed by atoms with Crippen molar-refractivity contribution in [1.82, 2.24) is 4.90 Å². The van der Waals surface area contributed by atoms with Gasteiger partial charge in [-0.15, -0.1) is 0 Å². The molecule has 0 unspecified atom stereocenters. The molecule has 108 valence electrons. The Bertz CT molecular complexity index is 477. The number of carbonyl (C=O) groups excluding carboxylic acids is 1. The van der Waals surface area contributed by atoms with E-state index in [4.69, 9.17) is 4.74 Å². The van der Waals surface area contributed by atoms with Crippen molar-refractivity contribution in [3.63, 3.8) is 0 Å². The van der Waals surface area contributed by atoms with Gasteiger partial charge in [-0.25, -0.2) is 4.79 Å². The van der Waals surface area contributed by atoms with Crippen LogP contribution in [-0.2, 0) is 4.74 Å². The molecule has 1 saturated heterocycles. The highest BCUT2D eigenvalue weighted by Crippen LogP contribution is 2.26. The van der Waals surface area contributed by atoms with Crippen molar-refractivity contribution >= 4 is 27.7 Å². The van der Waals surface area contributed by atoms with Gasteiger partial charge in [0.05, 0.1) is 5.69 Å². The summed E-state index contributed by atoms with van der Waals surface area (Å²) in [4.78, 5) is 16.0. The van der Waals surface area contributed by atoms with Crippen LogP contribution in [-0.4, -0.2) is 42.8 Å². The fourth-order valence-corrected chi connectivity index (χ4v) is 2.67. The summed E-state index contributed by atoms with van der Waals surface area (Å²) in [6.07, 6.45) is -0.281. The van der Waals surface area contributed by atoms with Gasteiger partial charge in [-0.05, 0) is 28.1 Å². The number of hydrogen-bond donors (Lipinski definition) is 0. The van der Waals surface area contributed by atoms with Gasteiger partial charge in [0.2, 0.25) is 5.60 Å². The Morgan fingerprint density at radius 2 is 1.85 bits per heavy atom. The quantitative estimate of drug-likeness (QED) is 0.775. The molecule has 0 aromatic heterocycles. The highest BCUT2D eigenvalue weighted by Gasteiger charge is 2.29. The predicted octanol–water partition coefficient (Wildman–Crippen LogP) is 3.32. The molecular formula is C15H20BrN2O2+. The van der Waals surface area contributed by atoms with Crippen molar-refractivity contribution in [2.45, 2.75) is 19.4 Å². The number of carbonyl (C=O) groups is 1. The lowest BCUT2D eigenvalue weighted by Gasteiger charge is -2.36. The molecule has 1 aromatic carbocycles. The van der Waals surface area contributed by atoms with E-state index < -0.39 is 5.60 Å². The van der Waals surface area contributed by atoms with Crippen LogP contribution < -0.4 is 4.90 Å². The zero-order valence-electron chi connectivity index (χ0n) is 11.9. The molecule has 1 fully saturated rings. The lowest BCUT2D eigenvalue weighted by Crippen LogP contribution is -2.50. The van der Waals surface area contributed by atoms with Crippen molar-refractivity contribution in [2.75, 3.05) is 31.1 Å². The first-order valence-corrected chi connectivity index (χ1v) is 7.49. The van der Waals surface area contributed by atoms with Crippen LogP contribution >= 0.6 is 15.9 Å². The largest absolute Gasteiger partial charge is 0.413 e. The standard InChI is InChI=1S/C15H20BrN2O2/c1-15(2,3)20-14(19)18-10-8-17(9-11-18)13-7-5-4-6-12(13)16/h4-7H,1,8-11H2,2-3H3/q+1. The van der Waals surface area contributed by atoms with Crippen LogP contribution in [0.2, 0.25) is 0 Å². The average Bonchev–Trinajstić information content (AvgIpc) is 2.37. The van der Waals surface area contributed by atoms with Crippen molar-refractivity contribution in [3.05, 3.63) is 35.7 Å². The van der Waals surface area contributed by atoms with Gasteiger partial charge in [-0.2, -0.15) is 0 Å². The summed E-state index contributed by atoms with van der Waals surface area (Å²) in [7, 11) is 0. The van der Waals surface area contributed by atoms with Crippen LogP contribution in [0.5, 0.6) is 0 Å². The Kier molecular flexibility index (Phi) is 4.48. The monoisotopic (exact) mass is 339 g/mol. The third-order valence-electron chi connectivity index (χ3n) is 3.09. The topological polar surface area (TPSA) is 32.8 Å². The second kappa shape index (κ2) is 5.95. The van der Waals surface area contributed by atoms with Crippen LogP contribution in [0.4, 0.5) is 10.5 Å². The predicted molar refractivity (Wildman–Crippen MR) is 83.8 cm³/mol. The molecule has 1 heterocycles. The molecule has 1 aliphatic heterocycles. The van der Waals surface area contributed by atoms with Crippen LogP contribution in [0.1, 0.15) is 13.8 Å². The van der Waals surface area contributed by atoms with Crippen molar-refractivity contribution in [2.24, 2.45) is 0 Å². The number of para-hydroxylation sites is 1. The van der Waals surface area contributed by atoms with Gasteiger partial charge in [-0.3, -0.25) is 0 Å². The number of ether oxygens (including phenoxy) is 1. The Morgan fingerprint density at radius 3 is 2.40 bits per heavy atom. The van der Waals surface area contributed by atoms with Gasteiger partial charge in [0.15, 0.2) is 0 Å². The van der Waals surface area contributed by atoms with Gasteiger partial charge in [0, 0.05) is 44.5 Å². The van der Waals surface area contributed by atoms with E-state index in [1.54, 1.807) is 18.7 Å². The first-order valence-electron chi connectivity index (χ1n) is 6.69. The van der Waals surface area contributed by atoms with E-state index in [0.717, 1.165) is 23.2 Å². The minimum absolute atomic E-state index is 0.281. The summed E-state index contributed by atoms with van der Waals surface area (Å²) in [5, 5.41) is 0. The summed E-state index contributed by atoms with van der Waals surface area (Å²) in [5.41, 5.74) is 0.481. The second-order valence-electron chi connectivity index (χ2n) is 5.55. The Morgan fingerprint density at radius 1 is 1.25 bits per heavy atom. The van der Waals surface area contributed by atoms with E-state index in [-0.39, 0.29) is 6.09 Å². The number of piperazine rings is 1. The molecule has 1 aliphatic rings. The lowest BCUT2D eigenvalue weighted by atomic mass is 10.2. The molecule has 0 saturated carbocycles. The SMILES string of the molecule is [CH2+]C(C)(C)OC(=O)N1CCN(c2ccccc2Br)CC1. The summed E-state index contributed by atoms with van der Waals surface area (Å²) < 4.78 is 6.37. The molecule has 0 spiro atoms. The molecular weight excluding hydrogens is 320 g/mol. The Balaban J connectivity index is 1.93. The first-order chi connectivity index (χ1) is 9.37. The summed E-state index contributed by atoms with van der Waals surface area (Å²) in [5.74, 6) is 0. The Labute approximate surface area is 128 Å². The molecule has 0 aliphatic carbocycles. The van der Waals surface area contributed by atoms with Crippen LogP contribution in [0.25, 0.3) is 0 Å². The van der Waals surface area contributed by atoms with E-state index in [0.29, 0.717) is 13.1 Å². The molecule has 0 bridgehead atoms. The molecule has 1 aromatic rings. The normalized spacial score (nSPS) is 16.1. The van der Waals surface area contributed by atoms with Gasteiger partial charge in [-0.1, -0.05) is 12.1 Å². The first kappa shape index (κ1) is 15.0. The number of nitrogens with zero attached hydrogens (tertiary/aromatic N) is 2. The van der Waals surface area contributed by atoms with Crippen LogP contribution in [0, 0.1) is 6.92 Å². The molecule has 0 N–H and O–H groups in total. The van der Waals surface area contributed by atoms with Crippen molar-refractivity contribution < 1.29 is 9.53 Å². The zero-order valence-corrected chi connectivity index (χ0v) is 13.5. The second-order valence-corrected chi connectivity index (χ2v) is 6.41. The molecule has 2 rings (SSSR count). The van der Waals surface area contributed by atoms with E-state index in [9.17, 15) is 4.79 Å². The van der Waals surface area contributed by atoms with Crippen molar-refractivity contribution in [1.29, 1.82) is 0 Å². The minimum atomic E-state index is -0.684. The fraction of sp³-hybridized carbons (Fsp3) is 0.467. The van der Waals surface area contributed by atoms with Crippen LogP contribution in [0.3, 0.4) is 0 Å². The number of rotatable bonds is 2. The van der Waals surface area contributed by atoms with E-state index in [2.05, 4.69) is 33.8 Å². The molecule has 20 heavy (non-hydrogen) atoms. The van der Waals surface area contributed by atoms with Gasteiger partial charge in [0.25, 0.3) is 0 Å².